The minimum Gasteiger partial charge on any atom is -0.374 e. The maximum atomic E-state index is 6.18. The van der Waals surface area contributed by atoms with Crippen LogP contribution in [-0.2, 0) is 11.8 Å². The fraction of sp³-hybridized carbons (Fsp3) is 0.812. The van der Waals surface area contributed by atoms with Crippen molar-refractivity contribution in [3.8, 4) is 0 Å². The van der Waals surface area contributed by atoms with Crippen molar-refractivity contribution < 1.29 is 4.74 Å². The molecule has 3 atom stereocenters. The molecular formula is C16H27N3OS. The highest BCUT2D eigenvalue weighted by Gasteiger charge is 2.43. The molecule has 2 aliphatic rings. The summed E-state index contributed by atoms with van der Waals surface area (Å²) in [6.07, 6.45) is 6.75. The normalized spacial score (nSPS) is 30.9. The van der Waals surface area contributed by atoms with Gasteiger partial charge in [0.25, 0.3) is 0 Å². The van der Waals surface area contributed by atoms with Crippen LogP contribution in [0.25, 0.3) is 0 Å². The van der Waals surface area contributed by atoms with E-state index in [2.05, 4.69) is 29.6 Å². The lowest BCUT2D eigenvalue weighted by atomic mass is 9.80. The third kappa shape index (κ3) is 3.46. The van der Waals surface area contributed by atoms with E-state index in [1.165, 1.54) is 30.0 Å². The third-order valence-electron chi connectivity index (χ3n) is 4.74. The van der Waals surface area contributed by atoms with Gasteiger partial charge in [0, 0.05) is 25.6 Å². The van der Waals surface area contributed by atoms with Gasteiger partial charge in [-0.2, -0.15) is 16.9 Å². The Bertz CT molecular complexity index is 456. The Morgan fingerprint density at radius 1 is 1.62 bits per heavy atom. The van der Waals surface area contributed by atoms with Crippen LogP contribution in [0.5, 0.6) is 0 Å². The SMILES string of the molecule is CCCNC(c1ccn(C)n1)C1CCOC2(CCSC2)C1. The zero-order chi connectivity index (χ0) is 14.7. The highest BCUT2D eigenvalue weighted by atomic mass is 32.2. The predicted molar refractivity (Wildman–Crippen MR) is 87.6 cm³/mol. The largest absolute Gasteiger partial charge is 0.374 e. The molecule has 2 aliphatic heterocycles. The summed E-state index contributed by atoms with van der Waals surface area (Å²) in [7, 11) is 2.00. The van der Waals surface area contributed by atoms with E-state index >= 15 is 0 Å². The average Bonchev–Trinajstić information content (AvgIpc) is 3.10. The Morgan fingerprint density at radius 2 is 2.52 bits per heavy atom. The van der Waals surface area contributed by atoms with Crippen LogP contribution in [0.15, 0.2) is 12.3 Å². The summed E-state index contributed by atoms with van der Waals surface area (Å²) in [6.45, 7) is 4.18. The smallest absolute Gasteiger partial charge is 0.0796 e. The highest BCUT2D eigenvalue weighted by Crippen LogP contribution is 2.43. The molecule has 0 aromatic carbocycles. The van der Waals surface area contributed by atoms with E-state index in [-0.39, 0.29) is 5.60 Å². The minimum absolute atomic E-state index is 0.147. The van der Waals surface area contributed by atoms with Crippen molar-refractivity contribution >= 4 is 11.8 Å². The lowest BCUT2D eigenvalue weighted by Gasteiger charge is -2.40. The summed E-state index contributed by atoms with van der Waals surface area (Å²) in [5.74, 6) is 3.06. The molecule has 4 nitrogen and oxygen atoms in total. The van der Waals surface area contributed by atoms with Gasteiger partial charge in [0.2, 0.25) is 0 Å². The summed E-state index contributed by atoms with van der Waals surface area (Å²) in [4.78, 5) is 0. The molecular weight excluding hydrogens is 282 g/mol. The fourth-order valence-corrected chi connectivity index (χ4v) is 5.00. The average molecular weight is 309 g/mol. The summed E-state index contributed by atoms with van der Waals surface area (Å²) >= 11 is 2.05. The van der Waals surface area contributed by atoms with Crippen LogP contribution in [0.1, 0.15) is 44.3 Å². The number of nitrogens with one attached hydrogen (secondary N) is 1. The number of rotatable bonds is 5. The first kappa shape index (κ1) is 15.4. The number of ether oxygens (including phenoxy) is 1. The van der Waals surface area contributed by atoms with Crippen molar-refractivity contribution in [3.63, 3.8) is 0 Å². The first-order valence-corrected chi connectivity index (χ1v) is 9.32. The molecule has 118 valence electrons. The summed E-state index contributed by atoms with van der Waals surface area (Å²) in [5.41, 5.74) is 1.34. The van der Waals surface area contributed by atoms with Gasteiger partial charge in [-0.05, 0) is 50.0 Å². The van der Waals surface area contributed by atoms with Gasteiger partial charge in [-0.3, -0.25) is 4.68 Å². The van der Waals surface area contributed by atoms with Gasteiger partial charge in [-0.25, -0.2) is 0 Å². The number of thioether (sulfide) groups is 1. The summed E-state index contributed by atoms with van der Waals surface area (Å²) < 4.78 is 8.09. The van der Waals surface area contributed by atoms with Gasteiger partial charge in [-0.1, -0.05) is 6.92 Å². The topological polar surface area (TPSA) is 39.1 Å². The first-order valence-electron chi connectivity index (χ1n) is 8.17. The summed E-state index contributed by atoms with van der Waals surface area (Å²) in [5, 5.41) is 8.40. The number of aromatic nitrogens is 2. The van der Waals surface area contributed by atoms with Gasteiger partial charge in [0.05, 0.1) is 17.3 Å². The molecule has 3 unspecified atom stereocenters. The van der Waals surface area contributed by atoms with E-state index in [0.717, 1.165) is 26.0 Å². The Balaban J connectivity index is 1.75. The molecule has 1 N–H and O–H groups in total. The molecule has 0 aliphatic carbocycles. The lowest BCUT2D eigenvalue weighted by Crippen LogP contribution is -2.44. The molecule has 3 rings (SSSR count). The lowest BCUT2D eigenvalue weighted by molar-refractivity contribution is -0.0856. The molecule has 1 aromatic rings. The van der Waals surface area contributed by atoms with Crippen molar-refractivity contribution in [1.29, 1.82) is 0 Å². The van der Waals surface area contributed by atoms with E-state index in [1.807, 2.05) is 23.5 Å². The zero-order valence-corrected chi connectivity index (χ0v) is 14.0. The molecule has 0 saturated carbocycles. The molecule has 2 saturated heterocycles. The highest BCUT2D eigenvalue weighted by molar-refractivity contribution is 7.99. The van der Waals surface area contributed by atoms with Crippen LogP contribution in [0.4, 0.5) is 0 Å². The minimum atomic E-state index is 0.147. The molecule has 21 heavy (non-hydrogen) atoms. The predicted octanol–water partition coefficient (Wildman–Crippen LogP) is 2.76. The molecule has 0 bridgehead atoms. The van der Waals surface area contributed by atoms with Gasteiger partial charge in [0.1, 0.15) is 0 Å². The van der Waals surface area contributed by atoms with Gasteiger partial charge in [-0.15, -0.1) is 0 Å². The standard InChI is InChI=1S/C16H27N3OS/c1-3-7-17-15(14-4-8-19(2)18-14)13-5-9-20-16(11-13)6-10-21-12-16/h4,8,13,15,17H,3,5-7,9-12H2,1-2H3. The van der Waals surface area contributed by atoms with Crippen LogP contribution in [0, 0.1) is 5.92 Å². The van der Waals surface area contributed by atoms with Crippen LogP contribution in [-0.4, -0.2) is 40.0 Å². The maximum absolute atomic E-state index is 6.18. The van der Waals surface area contributed by atoms with Crippen LogP contribution in [0.3, 0.4) is 0 Å². The number of nitrogens with zero attached hydrogens (tertiary/aromatic N) is 2. The van der Waals surface area contributed by atoms with Crippen LogP contribution >= 0.6 is 11.8 Å². The second kappa shape index (κ2) is 6.71. The molecule has 2 fully saturated rings. The fourth-order valence-electron chi connectivity index (χ4n) is 3.62. The van der Waals surface area contributed by atoms with E-state index < -0.39 is 0 Å². The molecule has 0 amide bonds. The third-order valence-corrected chi connectivity index (χ3v) is 5.96. The Hall–Kier alpha value is -0.520. The number of hydrogen-bond donors (Lipinski definition) is 1. The van der Waals surface area contributed by atoms with Crippen molar-refractivity contribution in [2.75, 3.05) is 24.7 Å². The Labute approximate surface area is 132 Å². The monoisotopic (exact) mass is 309 g/mol. The maximum Gasteiger partial charge on any atom is 0.0796 e. The van der Waals surface area contributed by atoms with E-state index in [4.69, 9.17) is 4.74 Å². The second-order valence-electron chi connectivity index (χ2n) is 6.43. The quantitative estimate of drug-likeness (QED) is 0.908. The van der Waals surface area contributed by atoms with Crippen molar-refractivity contribution in [2.45, 2.75) is 44.2 Å². The number of aryl methyl sites for hydroxylation is 1. The van der Waals surface area contributed by atoms with Gasteiger partial charge in [0.15, 0.2) is 0 Å². The second-order valence-corrected chi connectivity index (χ2v) is 7.54. The van der Waals surface area contributed by atoms with Crippen molar-refractivity contribution in [3.05, 3.63) is 18.0 Å². The first-order chi connectivity index (χ1) is 10.2. The molecule has 1 spiro atoms. The van der Waals surface area contributed by atoms with Gasteiger partial charge < -0.3 is 10.1 Å². The van der Waals surface area contributed by atoms with Crippen LogP contribution < -0.4 is 5.32 Å². The van der Waals surface area contributed by atoms with E-state index in [1.54, 1.807) is 0 Å². The molecule has 0 radical (unpaired) electrons. The zero-order valence-electron chi connectivity index (χ0n) is 13.2. The molecule has 3 heterocycles. The molecule has 5 heteroatoms. The van der Waals surface area contributed by atoms with Crippen LogP contribution in [0.2, 0.25) is 0 Å². The van der Waals surface area contributed by atoms with E-state index in [0.29, 0.717) is 12.0 Å². The van der Waals surface area contributed by atoms with E-state index in [9.17, 15) is 0 Å². The Morgan fingerprint density at radius 3 is 3.19 bits per heavy atom. The Kier molecular flexibility index (Phi) is 4.92. The van der Waals surface area contributed by atoms with Crippen molar-refractivity contribution in [2.24, 2.45) is 13.0 Å². The van der Waals surface area contributed by atoms with Gasteiger partial charge >= 0.3 is 0 Å². The summed E-state index contributed by atoms with van der Waals surface area (Å²) in [6, 6.07) is 2.54. The van der Waals surface area contributed by atoms with Crippen molar-refractivity contribution in [1.82, 2.24) is 15.1 Å². The number of hydrogen-bond acceptors (Lipinski definition) is 4. The molecule has 1 aromatic heterocycles.